The van der Waals surface area contributed by atoms with Crippen molar-refractivity contribution >= 4 is 22.5 Å². The maximum Gasteiger partial charge on any atom is 0.228 e. The molecule has 168 valence electrons. The van der Waals surface area contributed by atoms with E-state index < -0.39 is 0 Å². The summed E-state index contributed by atoms with van der Waals surface area (Å²) in [4.78, 5) is 31.1. The molecule has 8 heteroatoms. The van der Waals surface area contributed by atoms with Crippen molar-refractivity contribution in [2.45, 2.75) is 38.6 Å². The molecule has 3 aromatic rings. The van der Waals surface area contributed by atoms with Gasteiger partial charge in [0.05, 0.1) is 5.69 Å². The second-order valence-corrected chi connectivity index (χ2v) is 9.07. The minimum absolute atomic E-state index is 0.0577. The SMILES string of the molecule is Cc1nc(-c2cc3cc(NC(=O)C4CCC(N5CCN(C)CC5)CC4)ncc3cn2)co1. The average Bonchev–Trinajstić information content (AvgIpc) is 3.25. The van der Waals surface area contributed by atoms with Gasteiger partial charge in [-0.15, -0.1) is 0 Å². The Bertz CT molecular complexity index is 1100. The van der Waals surface area contributed by atoms with Gasteiger partial charge >= 0.3 is 0 Å². The molecular formula is C24H30N6O2. The van der Waals surface area contributed by atoms with Crippen LogP contribution in [-0.2, 0) is 4.79 Å². The fraction of sp³-hybridized carbons (Fsp3) is 0.500. The van der Waals surface area contributed by atoms with Crippen LogP contribution >= 0.6 is 0 Å². The van der Waals surface area contributed by atoms with Crippen molar-refractivity contribution in [2.24, 2.45) is 5.92 Å². The Labute approximate surface area is 188 Å². The summed E-state index contributed by atoms with van der Waals surface area (Å²) < 4.78 is 5.30. The van der Waals surface area contributed by atoms with Crippen LogP contribution in [0.3, 0.4) is 0 Å². The molecule has 32 heavy (non-hydrogen) atoms. The molecule has 2 aliphatic rings. The molecule has 2 fully saturated rings. The predicted octanol–water partition coefficient (Wildman–Crippen LogP) is 3.34. The van der Waals surface area contributed by atoms with Crippen LogP contribution in [0.4, 0.5) is 5.82 Å². The molecule has 0 aromatic carbocycles. The number of pyridine rings is 2. The van der Waals surface area contributed by atoms with Crippen LogP contribution in [0, 0.1) is 12.8 Å². The van der Waals surface area contributed by atoms with E-state index in [2.05, 4.69) is 37.1 Å². The first-order valence-corrected chi connectivity index (χ1v) is 11.5. The van der Waals surface area contributed by atoms with Gasteiger partial charge in [0.2, 0.25) is 5.91 Å². The van der Waals surface area contributed by atoms with Crippen LogP contribution in [0.15, 0.2) is 35.2 Å². The summed E-state index contributed by atoms with van der Waals surface area (Å²) in [6.45, 7) is 6.37. The van der Waals surface area contributed by atoms with Gasteiger partial charge in [-0.05, 0) is 50.2 Å². The molecule has 1 saturated heterocycles. The fourth-order valence-electron chi connectivity index (χ4n) is 4.85. The van der Waals surface area contributed by atoms with Crippen molar-refractivity contribution in [3.05, 3.63) is 36.7 Å². The Balaban J connectivity index is 1.22. The summed E-state index contributed by atoms with van der Waals surface area (Å²) in [6.07, 6.45) is 9.20. The largest absolute Gasteiger partial charge is 0.449 e. The van der Waals surface area contributed by atoms with Crippen molar-refractivity contribution < 1.29 is 9.21 Å². The van der Waals surface area contributed by atoms with Crippen molar-refractivity contribution in [3.8, 4) is 11.4 Å². The van der Waals surface area contributed by atoms with Crippen LogP contribution in [-0.4, -0.2) is 69.9 Å². The Morgan fingerprint density at radius 2 is 1.75 bits per heavy atom. The number of hydrogen-bond donors (Lipinski definition) is 1. The Morgan fingerprint density at radius 3 is 2.47 bits per heavy atom. The molecule has 1 aliphatic heterocycles. The number of aromatic nitrogens is 3. The molecule has 1 saturated carbocycles. The first-order chi connectivity index (χ1) is 15.5. The third kappa shape index (κ3) is 4.52. The van der Waals surface area contributed by atoms with E-state index in [1.165, 1.54) is 0 Å². The molecule has 4 heterocycles. The standard InChI is InChI=1S/C24H30N6O2/c1-16-27-22(15-32-16)21-11-18-12-23(26-14-19(18)13-25-21)28-24(31)17-3-5-20(6-4-17)30-9-7-29(2)8-10-30/h11-15,17,20H,3-10H2,1-2H3,(H,26,28,31). The van der Waals surface area contributed by atoms with Crippen molar-refractivity contribution in [3.63, 3.8) is 0 Å². The van der Waals surface area contributed by atoms with Crippen LogP contribution in [0.5, 0.6) is 0 Å². The number of oxazole rings is 1. The number of nitrogens with zero attached hydrogens (tertiary/aromatic N) is 5. The number of aryl methyl sites for hydroxylation is 1. The number of likely N-dealkylation sites (N-methyl/N-ethyl adjacent to an activating group) is 1. The van der Waals surface area contributed by atoms with E-state index in [0.717, 1.165) is 68.3 Å². The average molecular weight is 435 g/mol. The third-order valence-corrected chi connectivity index (χ3v) is 6.86. The molecule has 0 bridgehead atoms. The van der Waals surface area contributed by atoms with Gasteiger partial charge in [-0.1, -0.05) is 0 Å². The summed E-state index contributed by atoms with van der Waals surface area (Å²) >= 11 is 0. The minimum Gasteiger partial charge on any atom is -0.449 e. The predicted molar refractivity (Wildman–Crippen MR) is 123 cm³/mol. The first-order valence-electron chi connectivity index (χ1n) is 11.5. The molecule has 1 aliphatic carbocycles. The van der Waals surface area contributed by atoms with E-state index >= 15 is 0 Å². The number of hydrogen-bond acceptors (Lipinski definition) is 7. The summed E-state index contributed by atoms with van der Waals surface area (Å²) in [5.74, 6) is 1.32. The highest BCUT2D eigenvalue weighted by molar-refractivity contribution is 5.94. The summed E-state index contributed by atoms with van der Waals surface area (Å²) in [5, 5.41) is 4.92. The van der Waals surface area contributed by atoms with Crippen LogP contribution < -0.4 is 5.32 Å². The molecule has 8 nitrogen and oxygen atoms in total. The number of piperazine rings is 1. The third-order valence-electron chi connectivity index (χ3n) is 6.86. The minimum atomic E-state index is 0.0577. The summed E-state index contributed by atoms with van der Waals surface area (Å²) in [6, 6.07) is 4.48. The second-order valence-electron chi connectivity index (χ2n) is 9.07. The number of fused-ring (bicyclic) bond motifs is 1. The monoisotopic (exact) mass is 434 g/mol. The molecule has 5 rings (SSSR count). The van der Waals surface area contributed by atoms with E-state index in [-0.39, 0.29) is 11.8 Å². The fourth-order valence-corrected chi connectivity index (χ4v) is 4.85. The Morgan fingerprint density at radius 1 is 1.00 bits per heavy atom. The van der Waals surface area contributed by atoms with Gasteiger partial charge in [0.25, 0.3) is 0 Å². The number of rotatable bonds is 4. The van der Waals surface area contributed by atoms with Crippen molar-refractivity contribution in [1.29, 1.82) is 0 Å². The van der Waals surface area contributed by atoms with Gasteiger partial charge in [0.15, 0.2) is 5.89 Å². The quantitative estimate of drug-likeness (QED) is 0.674. The molecule has 0 atom stereocenters. The zero-order valence-electron chi connectivity index (χ0n) is 18.8. The van der Waals surface area contributed by atoms with Crippen LogP contribution in [0.25, 0.3) is 22.2 Å². The van der Waals surface area contributed by atoms with Crippen LogP contribution in [0.2, 0.25) is 0 Å². The maximum atomic E-state index is 12.9. The zero-order chi connectivity index (χ0) is 22.1. The van der Waals surface area contributed by atoms with Gasteiger partial charge in [-0.25, -0.2) is 9.97 Å². The topological polar surface area (TPSA) is 87.4 Å². The van der Waals surface area contributed by atoms with Crippen molar-refractivity contribution in [1.82, 2.24) is 24.8 Å². The Hall–Kier alpha value is -2.84. The molecule has 1 amide bonds. The number of carbonyl (C=O) groups is 1. The second kappa shape index (κ2) is 8.96. The molecule has 1 N–H and O–H groups in total. The highest BCUT2D eigenvalue weighted by atomic mass is 16.3. The highest BCUT2D eigenvalue weighted by Gasteiger charge is 2.30. The van der Waals surface area contributed by atoms with E-state index in [0.29, 0.717) is 23.4 Å². The lowest BCUT2D eigenvalue weighted by atomic mass is 9.84. The van der Waals surface area contributed by atoms with E-state index in [4.69, 9.17) is 4.42 Å². The lowest BCUT2D eigenvalue weighted by Gasteiger charge is -2.40. The van der Waals surface area contributed by atoms with E-state index in [9.17, 15) is 4.79 Å². The highest BCUT2D eigenvalue weighted by Crippen LogP contribution is 2.29. The zero-order valence-corrected chi connectivity index (χ0v) is 18.8. The van der Waals surface area contributed by atoms with E-state index in [1.54, 1.807) is 25.6 Å². The Kier molecular flexibility index (Phi) is 5.89. The van der Waals surface area contributed by atoms with Gasteiger partial charge in [-0.3, -0.25) is 14.7 Å². The van der Waals surface area contributed by atoms with Crippen molar-refractivity contribution in [2.75, 3.05) is 38.5 Å². The smallest absolute Gasteiger partial charge is 0.228 e. The van der Waals surface area contributed by atoms with Gasteiger partial charge in [-0.2, -0.15) is 0 Å². The number of nitrogens with one attached hydrogen (secondary N) is 1. The number of amides is 1. The lowest BCUT2D eigenvalue weighted by molar-refractivity contribution is -0.121. The normalized spacial score (nSPS) is 22.8. The first kappa shape index (κ1) is 21.0. The van der Waals surface area contributed by atoms with Gasteiger partial charge in [0.1, 0.15) is 17.8 Å². The summed E-state index contributed by atoms with van der Waals surface area (Å²) in [5.41, 5.74) is 1.43. The summed E-state index contributed by atoms with van der Waals surface area (Å²) in [7, 11) is 2.19. The number of anilines is 1. The molecule has 0 unspecified atom stereocenters. The van der Waals surface area contributed by atoms with E-state index in [1.807, 2.05) is 12.1 Å². The van der Waals surface area contributed by atoms with Crippen LogP contribution in [0.1, 0.15) is 31.6 Å². The molecular weight excluding hydrogens is 404 g/mol. The molecule has 0 radical (unpaired) electrons. The molecule has 0 spiro atoms. The van der Waals surface area contributed by atoms with Gasteiger partial charge < -0.3 is 14.6 Å². The molecule has 3 aromatic heterocycles. The lowest BCUT2D eigenvalue weighted by Crippen LogP contribution is -2.50. The van der Waals surface area contributed by atoms with Gasteiger partial charge in [0, 0.05) is 62.8 Å². The maximum absolute atomic E-state index is 12.9. The number of carbonyl (C=O) groups excluding carboxylic acids is 1.